The van der Waals surface area contributed by atoms with E-state index in [0.717, 1.165) is 49.4 Å². The number of aromatic carboxylic acids is 1. The van der Waals surface area contributed by atoms with Gasteiger partial charge in [-0.3, -0.25) is 4.90 Å². The zero-order valence-corrected chi connectivity index (χ0v) is 20.7. The number of nitrogens with zero attached hydrogens (tertiary/aromatic N) is 4. The van der Waals surface area contributed by atoms with Gasteiger partial charge >= 0.3 is 5.97 Å². The molecule has 0 saturated carbocycles. The van der Waals surface area contributed by atoms with E-state index < -0.39 is 11.7 Å². The van der Waals surface area contributed by atoms with Crippen LogP contribution in [-0.2, 0) is 0 Å². The number of likely N-dealkylation sites (N-methyl/N-ethyl adjacent to an activating group) is 1. The number of rotatable bonds is 5. The number of carbonyl (C=O) groups is 1. The zero-order chi connectivity index (χ0) is 25.9. The minimum atomic E-state index is -1.31. The van der Waals surface area contributed by atoms with Crippen LogP contribution in [0.15, 0.2) is 45.9 Å². The predicted molar refractivity (Wildman–Crippen MR) is 143 cm³/mol. The molecule has 3 N–H and O–H groups in total. The zero-order valence-electron chi connectivity index (χ0n) is 20.7. The molecule has 0 unspecified atom stereocenters. The normalized spacial score (nSPS) is 16.4. The first-order valence-corrected chi connectivity index (χ1v) is 12.0. The number of carboxylic acids is 1. The highest BCUT2D eigenvalue weighted by molar-refractivity contribution is 6.21. The fraction of sp³-hybridized carbons (Fsp3) is 0.250. The topological polar surface area (TPSA) is 114 Å². The number of fused-ring (bicyclic) bond motifs is 1. The van der Waals surface area contributed by atoms with E-state index in [9.17, 15) is 15.0 Å². The number of aliphatic imine (C=N–C) groups is 1. The Labute approximate surface area is 214 Å². The van der Waals surface area contributed by atoms with E-state index in [0.29, 0.717) is 17.1 Å². The highest BCUT2D eigenvalue weighted by atomic mass is 16.4. The lowest BCUT2D eigenvalue weighted by molar-refractivity contribution is 0.0695. The van der Waals surface area contributed by atoms with Gasteiger partial charge in [0.1, 0.15) is 0 Å². The SMILES string of the molecule is Cc1cc(C#CCN2CCN(C)CC2)ccc1Nc1oc(C=C2C=Nc3ncccc32)c(O)c1C(=O)O. The van der Waals surface area contributed by atoms with E-state index in [2.05, 4.69) is 44.0 Å². The molecular weight excluding hydrogens is 470 g/mol. The lowest BCUT2D eigenvalue weighted by atomic mass is 10.1. The Hall–Kier alpha value is -4.39. The van der Waals surface area contributed by atoms with Gasteiger partial charge in [-0.15, -0.1) is 0 Å². The molecule has 0 bridgehead atoms. The molecule has 5 rings (SSSR count). The largest absolute Gasteiger partial charge is 0.504 e. The van der Waals surface area contributed by atoms with Crippen molar-refractivity contribution in [3.8, 4) is 17.6 Å². The molecule has 0 spiro atoms. The Morgan fingerprint density at radius 2 is 2.05 bits per heavy atom. The highest BCUT2D eigenvalue weighted by Gasteiger charge is 2.26. The van der Waals surface area contributed by atoms with Gasteiger partial charge in [0, 0.05) is 61.0 Å². The predicted octanol–water partition coefficient (Wildman–Crippen LogP) is 3.99. The van der Waals surface area contributed by atoms with Gasteiger partial charge in [0.2, 0.25) is 5.88 Å². The van der Waals surface area contributed by atoms with Crippen molar-refractivity contribution in [2.45, 2.75) is 6.92 Å². The summed E-state index contributed by atoms with van der Waals surface area (Å²) in [5, 5.41) is 23.4. The number of anilines is 2. The fourth-order valence-electron chi connectivity index (χ4n) is 4.27. The van der Waals surface area contributed by atoms with Crippen LogP contribution in [0, 0.1) is 18.8 Å². The lowest BCUT2D eigenvalue weighted by Gasteiger charge is -2.30. The molecule has 2 aliphatic rings. The standard InChI is InChI=1S/C28H27N5O4/c1-18-15-19(5-4-10-33-13-11-32(2)12-14-33)7-8-22(18)31-27-24(28(35)36)25(34)23(37-27)16-20-17-30-26-21(20)6-3-9-29-26/h3,6-9,15-17,31,34H,10-14H2,1-2H3,(H,35,36). The summed E-state index contributed by atoms with van der Waals surface area (Å²) in [6, 6.07) is 9.26. The van der Waals surface area contributed by atoms with Gasteiger partial charge in [-0.2, -0.15) is 0 Å². The monoisotopic (exact) mass is 497 g/mol. The van der Waals surface area contributed by atoms with E-state index in [1.165, 1.54) is 0 Å². The number of aryl methyl sites for hydroxylation is 1. The Morgan fingerprint density at radius 3 is 2.81 bits per heavy atom. The maximum Gasteiger partial charge on any atom is 0.345 e. The third-order valence-electron chi connectivity index (χ3n) is 6.44. The minimum absolute atomic E-state index is 0.0158. The molecule has 1 saturated heterocycles. The van der Waals surface area contributed by atoms with Crippen LogP contribution in [0.5, 0.6) is 5.75 Å². The molecule has 0 aliphatic carbocycles. The van der Waals surface area contributed by atoms with E-state index in [1.54, 1.807) is 24.6 Å². The summed E-state index contributed by atoms with van der Waals surface area (Å²) in [7, 11) is 2.13. The summed E-state index contributed by atoms with van der Waals surface area (Å²) in [6.07, 6.45) is 4.79. The van der Waals surface area contributed by atoms with Gasteiger partial charge in [0.25, 0.3) is 0 Å². The Morgan fingerprint density at radius 1 is 1.24 bits per heavy atom. The smallest absolute Gasteiger partial charge is 0.345 e. The van der Waals surface area contributed by atoms with Gasteiger partial charge in [-0.1, -0.05) is 11.8 Å². The number of carboxylic acid groups (broad SMARTS) is 1. The Balaban J connectivity index is 1.35. The van der Waals surface area contributed by atoms with Crippen LogP contribution in [0.2, 0.25) is 0 Å². The summed E-state index contributed by atoms with van der Waals surface area (Å²) in [5.41, 5.74) is 3.47. The number of aromatic hydroxyl groups is 1. The number of furan rings is 1. The van der Waals surface area contributed by atoms with Crippen LogP contribution in [0.3, 0.4) is 0 Å². The van der Waals surface area contributed by atoms with Crippen molar-refractivity contribution in [2.24, 2.45) is 4.99 Å². The van der Waals surface area contributed by atoms with E-state index >= 15 is 0 Å². The number of aromatic nitrogens is 1. The summed E-state index contributed by atoms with van der Waals surface area (Å²) >= 11 is 0. The molecule has 188 valence electrons. The molecule has 3 aromatic rings. The van der Waals surface area contributed by atoms with Crippen molar-refractivity contribution in [1.82, 2.24) is 14.8 Å². The van der Waals surface area contributed by atoms with Crippen LogP contribution in [0.1, 0.15) is 32.8 Å². The van der Waals surface area contributed by atoms with Crippen LogP contribution in [0.4, 0.5) is 17.4 Å². The van der Waals surface area contributed by atoms with Crippen molar-refractivity contribution in [1.29, 1.82) is 0 Å². The highest BCUT2D eigenvalue weighted by Crippen LogP contribution is 2.39. The fourth-order valence-corrected chi connectivity index (χ4v) is 4.27. The average molecular weight is 498 g/mol. The molecule has 1 aromatic carbocycles. The van der Waals surface area contributed by atoms with E-state index in [4.69, 9.17) is 4.42 Å². The van der Waals surface area contributed by atoms with Gasteiger partial charge in [-0.25, -0.2) is 14.8 Å². The number of hydrogen-bond acceptors (Lipinski definition) is 8. The maximum atomic E-state index is 11.9. The van der Waals surface area contributed by atoms with Crippen LogP contribution in [0.25, 0.3) is 11.6 Å². The first-order chi connectivity index (χ1) is 17.9. The molecule has 37 heavy (non-hydrogen) atoms. The van der Waals surface area contributed by atoms with E-state index in [1.807, 2.05) is 31.2 Å². The number of benzene rings is 1. The molecule has 4 heterocycles. The quantitative estimate of drug-likeness (QED) is 0.454. The number of allylic oxidation sites excluding steroid dienone is 1. The van der Waals surface area contributed by atoms with Crippen molar-refractivity contribution in [2.75, 3.05) is 45.1 Å². The van der Waals surface area contributed by atoms with Crippen molar-refractivity contribution in [3.63, 3.8) is 0 Å². The molecule has 0 atom stereocenters. The second kappa shape index (κ2) is 10.3. The molecule has 0 radical (unpaired) electrons. The first-order valence-electron chi connectivity index (χ1n) is 12.0. The van der Waals surface area contributed by atoms with E-state index in [-0.39, 0.29) is 17.2 Å². The van der Waals surface area contributed by atoms with Gasteiger partial charge in [0.15, 0.2) is 22.9 Å². The van der Waals surface area contributed by atoms with Gasteiger partial charge in [0.05, 0.1) is 6.54 Å². The number of nitrogens with one attached hydrogen (secondary N) is 1. The summed E-state index contributed by atoms with van der Waals surface area (Å²) < 4.78 is 5.78. The second-order valence-corrected chi connectivity index (χ2v) is 9.09. The molecule has 1 fully saturated rings. The number of hydrogen-bond donors (Lipinski definition) is 3. The van der Waals surface area contributed by atoms with Crippen molar-refractivity contribution in [3.05, 3.63) is 64.5 Å². The molecular formula is C28H27N5O4. The summed E-state index contributed by atoms with van der Waals surface area (Å²) in [6.45, 7) is 6.77. The molecule has 0 amide bonds. The second-order valence-electron chi connectivity index (χ2n) is 9.09. The summed E-state index contributed by atoms with van der Waals surface area (Å²) in [5.74, 6) is 5.20. The lowest BCUT2D eigenvalue weighted by Crippen LogP contribution is -2.44. The Kier molecular flexibility index (Phi) is 6.77. The maximum absolute atomic E-state index is 11.9. The van der Waals surface area contributed by atoms with Gasteiger partial charge < -0.3 is 24.8 Å². The first kappa shape index (κ1) is 24.3. The van der Waals surface area contributed by atoms with Gasteiger partial charge in [-0.05, 0) is 55.9 Å². The minimum Gasteiger partial charge on any atom is -0.504 e. The third-order valence-corrected chi connectivity index (χ3v) is 6.44. The number of piperazine rings is 1. The van der Waals surface area contributed by atoms with Crippen LogP contribution in [-0.4, -0.2) is 77.0 Å². The molecule has 2 aromatic heterocycles. The number of pyridine rings is 1. The molecule has 2 aliphatic heterocycles. The van der Waals surface area contributed by atoms with Crippen molar-refractivity contribution >= 4 is 41.2 Å². The summed E-state index contributed by atoms with van der Waals surface area (Å²) in [4.78, 5) is 25.0. The third kappa shape index (κ3) is 5.26. The van der Waals surface area contributed by atoms with Crippen molar-refractivity contribution < 1.29 is 19.4 Å². The molecule has 9 heteroatoms. The molecule has 9 nitrogen and oxygen atoms in total. The Bertz CT molecular complexity index is 1470. The van der Waals surface area contributed by atoms with Crippen LogP contribution >= 0.6 is 0 Å². The van der Waals surface area contributed by atoms with Crippen LogP contribution < -0.4 is 5.32 Å². The average Bonchev–Trinajstić information content (AvgIpc) is 3.42.